The van der Waals surface area contributed by atoms with Gasteiger partial charge in [-0.2, -0.15) is 18.2 Å². The van der Waals surface area contributed by atoms with Crippen LogP contribution in [0.4, 0.5) is 17.6 Å². The molecule has 1 fully saturated rings. The van der Waals surface area contributed by atoms with Crippen LogP contribution in [-0.2, 0) is 31.9 Å². The maximum atomic E-state index is 15.6. The fraction of sp³-hybridized carbons (Fsp3) is 0.296. The smallest absolute Gasteiger partial charge is 0.357 e. The van der Waals surface area contributed by atoms with E-state index in [0.29, 0.717) is 19.4 Å². The molecule has 15 heteroatoms. The van der Waals surface area contributed by atoms with Crippen molar-refractivity contribution in [2.45, 2.75) is 44.4 Å². The number of piperidine rings is 1. The number of imide groups is 2. The third kappa shape index (κ3) is 4.59. The quantitative estimate of drug-likeness (QED) is 0.354. The number of carbonyl (C=O) groups is 4. The number of pyridine rings is 1. The Kier molecular flexibility index (Phi) is 6.58. The predicted octanol–water partition coefficient (Wildman–Crippen LogP) is 2.98. The first-order chi connectivity index (χ1) is 20.0. The molecule has 3 aliphatic heterocycles. The van der Waals surface area contributed by atoms with Crippen LogP contribution in [0, 0.1) is 5.82 Å². The van der Waals surface area contributed by atoms with E-state index < -0.39 is 52.9 Å². The molecule has 0 spiro atoms. The molecule has 1 unspecified atom stereocenters. The lowest BCUT2D eigenvalue weighted by Crippen LogP contribution is -2.55. The van der Waals surface area contributed by atoms with E-state index in [9.17, 15) is 32.3 Å². The summed E-state index contributed by atoms with van der Waals surface area (Å²) < 4.78 is 61.4. The third-order valence-corrected chi connectivity index (χ3v) is 7.28. The zero-order valence-electron chi connectivity index (χ0n) is 21.6. The van der Waals surface area contributed by atoms with E-state index in [4.69, 9.17) is 4.52 Å². The Morgan fingerprint density at radius 3 is 2.52 bits per heavy atom. The molecule has 2 aromatic heterocycles. The second-order valence-electron chi connectivity index (χ2n) is 9.88. The van der Waals surface area contributed by atoms with Gasteiger partial charge in [0.25, 0.3) is 11.8 Å². The van der Waals surface area contributed by atoms with E-state index in [1.165, 1.54) is 24.3 Å². The maximum absolute atomic E-state index is 15.6. The number of carbonyl (C=O) groups excluding carboxylic acids is 4. The number of nitrogens with zero attached hydrogens (tertiary/aromatic N) is 5. The first-order valence-corrected chi connectivity index (χ1v) is 12.9. The molecule has 4 amide bonds. The minimum Gasteiger partial charge on any atom is -0.357 e. The first-order valence-electron chi connectivity index (χ1n) is 12.9. The van der Waals surface area contributed by atoms with Gasteiger partial charge in [0.05, 0.1) is 12.1 Å². The van der Waals surface area contributed by atoms with Crippen molar-refractivity contribution >= 4 is 23.6 Å². The fourth-order valence-electron chi connectivity index (χ4n) is 5.41. The van der Waals surface area contributed by atoms with Gasteiger partial charge in [0, 0.05) is 35.9 Å². The number of hydrogen-bond donors (Lipinski definition) is 1. The van der Waals surface area contributed by atoms with Crippen LogP contribution in [0.1, 0.15) is 37.3 Å². The van der Waals surface area contributed by atoms with Gasteiger partial charge < -0.3 is 9.42 Å². The number of halogens is 4. The summed E-state index contributed by atoms with van der Waals surface area (Å²) in [4.78, 5) is 60.4. The van der Waals surface area contributed by atoms with E-state index in [0.717, 1.165) is 17.2 Å². The van der Waals surface area contributed by atoms with Crippen LogP contribution in [-0.4, -0.2) is 61.1 Å². The maximum Gasteiger partial charge on any atom is 0.433 e. The number of rotatable bonds is 5. The summed E-state index contributed by atoms with van der Waals surface area (Å²) in [6.45, 7) is 0.208. The summed E-state index contributed by atoms with van der Waals surface area (Å²) in [5.41, 5.74) is -1.95. The van der Waals surface area contributed by atoms with Crippen LogP contribution in [0.5, 0.6) is 0 Å². The van der Waals surface area contributed by atoms with Crippen LogP contribution in [0.2, 0.25) is 0 Å². The van der Waals surface area contributed by atoms with Crippen molar-refractivity contribution in [2.75, 3.05) is 6.54 Å². The molecule has 0 aliphatic carbocycles. The van der Waals surface area contributed by atoms with Gasteiger partial charge >= 0.3 is 6.18 Å². The van der Waals surface area contributed by atoms with Crippen molar-refractivity contribution in [1.29, 1.82) is 0 Å². The highest BCUT2D eigenvalue weighted by Gasteiger charge is 2.48. The summed E-state index contributed by atoms with van der Waals surface area (Å²) in [6.07, 6.45) is -3.03. The van der Waals surface area contributed by atoms with Gasteiger partial charge in [-0.1, -0.05) is 23.4 Å². The number of alkyl halides is 3. The van der Waals surface area contributed by atoms with Gasteiger partial charge in [0.2, 0.25) is 23.5 Å². The zero-order valence-corrected chi connectivity index (χ0v) is 21.6. The molecule has 11 nitrogen and oxygen atoms in total. The Hall–Kier alpha value is -4.95. The normalized spacial score (nSPS) is 19.5. The first kappa shape index (κ1) is 27.2. The number of amides is 4. The Morgan fingerprint density at radius 1 is 1.00 bits per heavy atom. The molecule has 1 aromatic carbocycles. The van der Waals surface area contributed by atoms with E-state index in [2.05, 4.69) is 20.4 Å². The molecule has 1 N–H and O–H groups in total. The number of benzene rings is 1. The van der Waals surface area contributed by atoms with E-state index in [-0.39, 0.29) is 53.5 Å². The Morgan fingerprint density at radius 2 is 1.76 bits per heavy atom. The Balaban J connectivity index is 1.26. The molecule has 3 aromatic rings. The van der Waals surface area contributed by atoms with Crippen LogP contribution in [0.3, 0.4) is 0 Å². The summed E-state index contributed by atoms with van der Waals surface area (Å²) in [5, 5.41) is 5.94. The second-order valence-corrected chi connectivity index (χ2v) is 9.88. The van der Waals surface area contributed by atoms with Gasteiger partial charge in [-0.05, 0) is 31.4 Å². The summed E-state index contributed by atoms with van der Waals surface area (Å²) in [5.74, 6) is -3.77. The van der Waals surface area contributed by atoms with Crippen molar-refractivity contribution in [3.05, 3.63) is 65.2 Å². The summed E-state index contributed by atoms with van der Waals surface area (Å²) in [7, 11) is 0. The molecule has 6 rings (SSSR count). The molecule has 0 bridgehead atoms. The van der Waals surface area contributed by atoms with E-state index in [1.807, 2.05) is 0 Å². The topological polar surface area (TPSA) is 139 Å². The number of nitrogens with one attached hydrogen (secondary N) is 1. The monoisotopic (exact) mass is 584 g/mol. The van der Waals surface area contributed by atoms with Gasteiger partial charge in [-0.15, -0.1) is 0 Å². The zero-order chi connectivity index (χ0) is 29.8. The molecule has 0 radical (unpaired) electrons. The van der Waals surface area contributed by atoms with Crippen molar-refractivity contribution in [3.63, 3.8) is 0 Å². The average molecular weight is 584 g/mol. The lowest BCUT2D eigenvalue weighted by molar-refractivity contribution is -0.150. The molecule has 216 valence electrons. The Bertz CT molecular complexity index is 1680. The highest BCUT2D eigenvalue weighted by atomic mass is 19.4. The number of aromatic nitrogens is 3. The highest BCUT2D eigenvalue weighted by molar-refractivity contribution is 6.21. The molecule has 1 saturated heterocycles. The van der Waals surface area contributed by atoms with Crippen LogP contribution >= 0.6 is 0 Å². The average Bonchev–Trinajstić information content (AvgIpc) is 3.51. The third-order valence-electron chi connectivity index (χ3n) is 7.28. The number of hydrogen-bond acceptors (Lipinski definition) is 9. The molecular formula is C27H20F4N6O5. The lowest BCUT2D eigenvalue weighted by atomic mass is 10.00. The Labute approximate surface area is 234 Å². The van der Waals surface area contributed by atoms with Gasteiger partial charge in [-0.3, -0.25) is 34.4 Å². The van der Waals surface area contributed by atoms with Crippen molar-refractivity contribution in [3.8, 4) is 22.5 Å². The van der Waals surface area contributed by atoms with Gasteiger partial charge in [0.1, 0.15) is 17.6 Å². The van der Waals surface area contributed by atoms with Gasteiger partial charge in [0.15, 0.2) is 5.69 Å². The van der Waals surface area contributed by atoms with Gasteiger partial charge in [-0.25, -0.2) is 4.39 Å². The second kappa shape index (κ2) is 10.2. The van der Waals surface area contributed by atoms with Crippen LogP contribution < -0.4 is 5.32 Å². The molecule has 5 heterocycles. The highest BCUT2D eigenvalue weighted by Crippen LogP contribution is 2.38. The van der Waals surface area contributed by atoms with E-state index in [1.54, 1.807) is 4.90 Å². The van der Waals surface area contributed by atoms with Crippen molar-refractivity contribution in [1.82, 2.24) is 30.2 Å². The predicted molar refractivity (Wildman–Crippen MR) is 133 cm³/mol. The fourth-order valence-corrected chi connectivity index (χ4v) is 5.41. The van der Waals surface area contributed by atoms with Crippen molar-refractivity contribution in [2.24, 2.45) is 0 Å². The largest absolute Gasteiger partial charge is 0.433 e. The molecule has 1 atom stereocenters. The van der Waals surface area contributed by atoms with Crippen molar-refractivity contribution < 1.29 is 41.3 Å². The molecular weight excluding hydrogens is 564 g/mol. The minimum absolute atomic E-state index is 0.0112. The minimum atomic E-state index is -4.81. The SMILES string of the molecule is O=C1CCC(N2C(=O)C3=C(C2=O)N(Cc2nc(-c4cccc(-c5cccnc5C(F)(F)F)c4F)no2)CCC3)C(=O)N1. The molecule has 3 aliphatic rings. The standard InChI is InChI=1S/C27H20F4N6O5/c28-20-13(14-6-2-10-32-22(14)27(29,30)31)4-1-5-15(20)23-34-19(42-35-23)12-36-11-3-7-16-21(36)26(41)37(25(16)40)17-8-9-18(38)33-24(17)39/h1-2,4-6,10,17H,3,7-9,11-12H2,(H,33,38,39). The molecule has 0 saturated carbocycles. The van der Waals surface area contributed by atoms with Crippen LogP contribution in [0.15, 0.2) is 52.3 Å². The summed E-state index contributed by atoms with van der Waals surface area (Å²) in [6, 6.07) is 5.09. The summed E-state index contributed by atoms with van der Waals surface area (Å²) >= 11 is 0. The lowest BCUT2D eigenvalue weighted by Gasteiger charge is -2.29. The van der Waals surface area contributed by atoms with E-state index >= 15 is 4.39 Å². The van der Waals surface area contributed by atoms with Crippen LogP contribution in [0.25, 0.3) is 22.5 Å². The molecule has 42 heavy (non-hydrogen) atoms.